The lowest BCUT2D eigenvalue weighted by atomic mass is 9.95. The molecule has 1 fully saturated rings. The third-order valence-electron chi connectivity index (χ3n) is 8.44. The van der Waals surface area contributed by atoms with E-state index < -0.39 is 11.9 Å². The number of benzene rings is 3. The number of amides is 3. The highest BCUT2D eigenvalue weighted by molar-refractivity contribution is 6.30. The number of piperidine rings is 1. The Kier molecular flexibility index (Phi) is 9.75. The molecule has 2 aliphatic rings. The average molecular weight is 598 g/mol. The van der Waals surface area contributed by atoms with Crippen molar-refractivity contribution in [2.45, 2.75) is 51.7 Å². The number of nitrogens with one attached hydrogen (secondary N) is 2. The SMILES string of the molecule is CCCC(C(=O)NC=O)N1Cc2cc(CNCC3CCN(c4ccc(-c5cccc(Cl)c5)cc4C#N)CC3)ccc2C1=O. The summed E-state index contributed by atoms with van der Waals surface area (Å²) in [6.45, 7) is 5.68. The number of nitriles is 1. The van der Waals surface area contributed by atoms with E-state index in [-0.39, 0.29) is 5.91 Å². The fraction of sp³-hybridized carbons (Fsp3) is 0.353. The lowest BCUT2D eigenvalue weighted by molar-refractivity contribution is -0.129. The summed E-state index contributed by atoms with van der Waals surface area (Å²) >= 11 is 6.16. The minimum atomic E-state index is -0.660. The van der Waals surface area contributed by atoms with Crippen LogP contribution >= 0.6 is 11.6 Å². The number of fused-ring (bicyclic) bond motifs is 1. The first kappa shape index (κ1) is 30.3. The van der Waals surface area contributed by atoms with Crippen molar-refractivity contribution in [3.05, 3.63) is 87.9 Å². The number of imide groups is 1. The quantitative estimate of drug-likeness (QED) is 0.291. The molecular weight excluding hydrogens is 562 g/mol. The maximum atomic E-state index is 13.0. The molecule has 3 amide bonds. The third kappa shape index (κ3) is 6.90. The maximum Gasteiger partial charge on any atom is 0.255 e. The maximum absolute atomic E-state index is 13.0. The van der Waals surface area contributed by atoms with Gasteiger partial charge in [0.2, 0.25) is 12.3 Å². The second-order valence-corrected chi connectivity index (χ2v) is 11.7. The molecule has 2 aliphatic heterocycles. The van der Waals surface area contributed by atoms with Gasteiger partial charge in [0.05, 0.1) is 11.3 Å². The Morgan fingerprint density at radius 3 is 2.63 bits per heavy atom. The van der Waals surface area contributed by atoms with Crippen LogP contribution in [0.25, 0.3) is 11.1 Å². The van der Waals surface area contributed by atoms with Gasteiger partial charge in [-0.3, -0.25) is 19.7 Å². The molecule has 5 rings (SSSR count). The van der Waals surface area contributed by atoms with Crippen LogP contribution in [0.1, 0.15) is 59.7 Å². The number of carbonyl (C=O) groups is 3. The molecule has 0 aromatic heterocycles. The van der Waals surface area contributed by atoms with Gasteiger partial charge < -0.3 is 15.1 Å². The van der Waals surface area contributed by atoms with Crippen molar-refractivity contribution in [2.24, 2.45) is 5.92 Å². The van der Waals surface area contributed by atoms with Crippen LogP contribution in [0, 0.1) is 17.2 Å². The van der Waals surface area contributed by atoms with E-state index in [0.29, 0.717) is 48.0 Å². The molecule has 1 unspecified atom stereocenters. The molecule has 3 aromatic rings. The fourth-order valence-electron chi connectivity index (χ4n) is 6.16. The summed E-state index contributed by atoms with van der Waals surface area (Å²) in [5, 5.41) is 16.3. The first-order chi connectivity index (χ1) is 20.9. The molecule has 1 atom stereocenters. The topological polar surface area (TPSA) is 106 Å². The average Bonchev–Trinajstić information content (AvgIpc) is 3.35. The summed E-state index contributed by atoms with van der Waals surface area (Å²) < 4.78 is 0. The summed E-state index contributed by atoms with van der Waals surface area (Å²) in [6.07, 6.45) is 3.65. The van der Waals surface area contributed by atoms with Gasteiger partial charge in [0, 0.05) is 36.8 Å². The minimum Gasteiger partial charge on any atom is -0.370 e. The first-order valence-electron chi connectivity index (χ1n) is 14.8. The number of hydrogen-bond donors (Lipinski definition) is 2. The zero-order chi connectivity index (χ0) is 30.3. The van der Waals surface area contributed by atoms with Crippen LogP contribution in [0.15, 0.2) is 60.7 Å². The van der Waals surface area contributed by atoms with Gasteiger partial charge in [-0.05, 0) is 84.3 Å². The normalized spacial score (nSPS) is 15.6. The van der Waals surface area contributed by atoms with Crippen LogP contribution in [0.2, 0.25) is 5.02 Å². The van der Waals surface area contributed by atoms with Crippen LogP contribution in [0.4, 0.5) is 5.69 Å². The molecule has 2 heterocycles. The van der Waals surface area contributed by atoms with Crippen LogP contribution in [0.5, 0.6) is 0 Å². The van der Waals surface area contributed by atoms with Gasteiger partial charge in [-0.15, -0.1) is 0 Å². The molecule has 43 heavy (non-hydrogen) atoms. The number of rotatable bonds is 11. The first-order valence-corrected chi connectivity index (χ1v) is 15.2. The van der Waals surface area contributed by atoms with E-state index in [1.165, 1.54) is 0 Å². The van der Waals surface area contributed by atoms with Gasteiger partial charge in [0.1, 0.15) is 12.1 Å². The minimum absolute atomic E-state index is 0.167. The van der Waals surface area contributed by atoms with Crippen molar-refractivity contribution < 1.29 is 14.4 Å². The van der Waals surface area contributed by atoms with Gasteiger partial charge in [-0.1, -0.05) is 55.3 Å². The van der Waals surface area contributed by atoms with Gasteiger partial charge in [0.15, 0.2) is 0 Å². The molecule has 8 nitrogen and oxygen atoms in total. The van der Waals surface area contributed by atoms with E-state index in [1.54, 1.807) is 4.90 Å². The number of carbonyl (C=O) groups excluding carboxylic acids is 3. The number of nitrogens with zero attached hydrogens (tertiary/aromatic N) is 3. The number of hydrogen-bond acceptors (Lipinski definition) is 6. The lowest BCUT2D eigenvalue weighted by Crippen LogP contribution is -2.46. The Bertz CT molecular complexity index is 1540. The van der Waals surface area contributed by atoms with Gasteiger partial charge in [0.25, 0.3) is 5.91 Å². The Balaban J connectivity index is 1.13. The summed E-state index contributed by atoms with van der Waals surface area (Å²) in [4.78, 5) is 40.1. The van der Waals surface area contributed by atoms with Crippen molar-refractivity contribution in [3.63, 3.8) is 0 Å². The molecule has 3 aromatic carbocycles. The highest BCUT2D eigenvalue weighted by Gasteiger charge is 2.36. The molecular formula is C34H36ClN5O3. The Labute approximate surface area is 257 Å². The van der Waals surface area contributed by atoms with E-state index in [1.807, 2.05) is 61.5 Å². The van der Waals surface area contributed by atoms with E-state index in [4.69, 9.17) is 11.6 Å². The van der Waals surface area contributed by atoms with Crippen LogP contribution < -0.4 is 15.5 Å². The fourth-order valence-corrected chi connectivity index (χ4v) is 6.35. The van der Waals surface area contributed by atoms with Gasteiger partial charge in [-0.25, -0.2) is 0 Å². The van der Waals surface area contributed by atoms with Crippen molar-refractivity contribution >= 4 is 35.5 Å². The molecule has 9 heteroatoms. The number of anilines is 1. The highest BCUT2D eigenvalue weighted by Crippen LogP contribution is 2.31. The Hall–Kier alpha value is -4.19. The molecule has 0 spiro atoms. The largest absolute Gasteiger partial charge is 0.370 e. The predicted molar refractivity (Wildman–Crippen MR) is 167 cm³/mol. The van der Waals surface area contributed by atoms with E-state index in [2.05, 4.69) is 27.7 Å². The molecule has 0 radical (unpaired) electrons. The summed E-state index contributed by atoms with van der Waals surface area (Å²) in [6, 6.07) is 21.3. The van der Waals surface area contributed by atoms with Crippen molar-refractivity contribution in [1.82, 2.24) is 15.5 Å². The van der Waals surface area contributed by atoms with Gasteiger partial charge in [-0.2, -0.15) is 5.26 Å². The van der Waals surface area contributed by atoms with E-state index in [0.717, 1.165) is 66.8 Å². The lowest BCUT2D eigenvalue weighted by Gasteiger charge is -2.34. The third-order valence-corrected chi connectivity index (χ3v) is 8.67. The molecule has 222 valence electrons. The predicted octanol–water partition coefficient (Wildman–Crippen LogP) is 5.28. The molecule has 0 aliphatic carbocycles. The van der Waals surface area contributed by atoms with Crippen molar-refractivity contribution in [1.29, 1.82) is 5.26 Å². The number of halogens is 1. The smallest absolute Gasteiger partial charge is 0.255 e. The zero-order valence-electron chi connectivity index (χ0n) is 24.3. The second-order valence-electron chi connectivity index (χ2n) is 11.3. The van der Waals surface area contributed by atoms with Crippen molar-refractivity contribution in [3.8, 4) is 17.2 Å². The summed E-state index contributed by atoms with van der Waals surface area (Å²) in [7, 11) is 0. The standard InChI is InChI=1S/C34H36ClN5O3/c1-2-4-32(33(42)38-22-41)40-21-28-15-24(7-9-30(28)34(40)43)20-37-19-23-11-13-39(14-12-23)31-10-8-26(16-27(31)18-36)25-5-3-6-29(35)17-25/h3,5-10,15-17,22-23,32,37H,2,4,11-14,19-21H2,1H3,(H,38,41,42). The molecule has 2 N–H and O–H groups in total. The molecule has 0 saturated carbocycles. The van der Waals surface area contributed by atoms with Gasteiger partial charge >= 0.3 is 0 Å². The second kappa shape index (κ2) is 13.9. The van der Waals surface area contributed by atoms with Crippen LogP contribution in [0.3, 0.4) is 0 Å². The highest BCUT2D eigenvalue weighted by atomic mass is 35.5. The Morgan fingerprint density at radius 2 is 1.91 bits per heavy atom. The van der Waals surface area contributed by atoms with E-state index >= 15 is 0 Å². The zero-order valence-corrected chi connectivity index (χ0v) is 25.1. The summed E-state index contributed by atoms with van der Waals surface area (Å²) in [5.74, 6) is -0.0751. The monoisotopic (exact) mass is 597 g/mol. The Morgan fingerprint density at radius 1 is 1.12 bits per heavy atom. The molecule has 0 bridgehead atoms. The van der Waals surface area contributed by atoms with E-state index in [9.17, 15) is 19.6 Å². The van der Waals surface area contributed by atoms with Crippen LogP contribution in [-0.4, -0.2) is 48.8 Å². The van der Waals surface area contributed by atoms with Crippen molar-refractivity contribution in [2.75, 3.05) is 24.5 Å². The van der Waals surface area contributed by atoms with Crippen LogP contribution in [-0.2, 0) is 22.7 Å². The molecule has 1 saturated heterocycles. The summed E-state index contributed by atoms with van der Waals surface area (Å²) in [5.41, 5.74) is 6.25.